The van der Waals surface area contributed by atoms with E-state index in [2.05, 4.69) is 45.1 Å². The number of rotatable bonds is 7. The third-order valence-corrected chi connectivity index (χ3v) is 3.64. The highest BCUT2D eigenvalue weighted by atomic mass is 16.5. The molecular formula is C16H27NO. The summed E-state index contributed by atoms with van der Waals surface area (Å²) in [6, 6.07) is 4.90. The Morgan fingerprint density at radius 3 is 2.44 bits per heavy atom. The molecule has 0 heterocycles. The highest BCUT2D eigenvalue weighted by Crippen LogP contribution is 2.25. The molecule has 0 aliphatic rings. The van der Waals surface area contributed by atoms with Gasteiger partial charge in [0.2, 0.25) is 0 Å². The molecule has 1 aromatic rings. The van der Waals surface area contributed by atoms with Gasteiger partial charge >= 0.3 is 0 Å². The first-order chi connectivity index (χ1) is 8.56. The molecule has 1 N–H and O–H groups in total. The Morgan fingerprint density at radius 1 is 1.11 bits per heavy atom. The van der Waals surface area contributed by atoms with Gasteiger partial charge in [-0.15, -0.1) is 0 Å². The van der Waals surface area contributed by atoms with Gasteiger partial charge in [-0.3, -0.25) is 0 Å². The number of unbranched alkanes of at least 4 members (excludes halogenated alkanes) is 1. The molecule has 0 saturated heterocycles. The lowest BCUT2D eigenvalue weighted by atomic mass is 10.1. The van der Waals surface area contributed by atoms with Crippen molar-refractivity contribution in [2.24, 2.45) is 0 Å². The maximum absolute atomic E-state index is 5.94. The van der Waals surface area contributed by atoms with Crippen molar-refractivity contribution in [1.82, 2.24) is 5.32 Å². The monoisotopic (exact) mass is 249 g/mol. The van der Waals surface area contributed by atoms with Crippen molar-refractivity contribution in [3.8, 4) is 5.75 Å². The summed E-state index contributed by atoms with van der Waals surface area (Å²) in [5.74, 6) is 1.08. The second-order valence-electron chi connectivity index (χ2n) is 5.19. The van der Waals surface area contributed by atoms with E-state index in [9.17, 15) is 0 Å². The second kappa shape index (κ2) is 7.42. The molecule has 1 aromatic carbocycles. The van der Waals surface area contributed by atoms with E-state index in [-0.39, 0.29) is 0 Å². The van der Waals surface area contributed by atoms with E-state index >= 15 is 0 Å². The summed E-state index contributed by atoms with van der Waals surface area (Å²) in [6.45, 7) is 9.43. The first kappa shape index (κ1) is 15.0. The van der Waals surface area contributed by atoms with Gasteiger partial charge in [-0.2, -0.15) is 0 Å². The van der Waals surface area contributed by atoms with Gasteiger partial charge in [0.15, 0.2) is 0 Å². The van der Waals surface area contributed by atoms with Crippen LogP contribution in [0, 0.1) is 20.8 Å². The Balaban J connectivity index is 2.38. The average molecular weight is 249 g/mol. The van der Waals surface area contributed by atoms with Gasteiger partial charge in [0, 0.05) is 6.04 Å². The van der Waals surface area contributed by atoms with Gasteiger partial charge in [-0.05, 0) is 70.7 Å². The number of ether oxygens (including phenoxy) is 1. The Bertz CT molecular complexity index is 374. The Labute approximate surface area is 112 Å². The van der Waals surface area contributed by atoms with Crippen molar-refractivity contribution in [3.63, 3.8) is 0 Å². The van der Waals surface area contributed by atoms with E-state index in [1.54, 1.807) is 0 Å². The highest BCUT2D eigenvalue weighted by Gasteiger charge is 2.06. The average Bonchev–Trinajstić information content (AvgIpc) is 2.37. The van der Waals surface area contributed by atoms with E-state index in [0.29, 0.717) is 6.04 Å². The molecule has 0 bridgehead atoms. The molecule has 0 aliphatic carbocycles. The molecular weight excluding hydrogens is 222 g/mol. The summed E-state index contributed by atoms with van der Waals surface area (Å²) in [6.07, 6.45) is 3.55. The third kappa shape index (κ3) is 4.34. The molecule has 1 atom stereocenters. The number of hydrogen-bond acceptors (Lipinski definition) is 2. The predicted molar refractivity (Wildman–Crippen MR) is 78.5 cm³/mol. The van der Waals surface area contributed by atoms with Gasteiger partial charge in [0.1, 0.15) is 5.75 Å². The molecule has 0 aromatic heterocycles. The van der Waals surface area contributed by atoms with Crippen molar-refractivity contribution < 1.29 is 4.74 Å². The minimum Gasteiger partial charge on any atom is -0.493 e. The fourth-order valence-corrected chi connectivity index (χ4v) is 2.02. The van der Waals surface area contributed by atoms with Gasteiger partial charge in [-0.25, -0.2) is 0 Å². The molecule has 0 fully saturated rings. The lowest BCUT2D eigenvalue weighted by Gasteiger charge is -2.14. The molecule has 102 valence electrons. The van der Waals surface area contributed by atoms with E-state index in [4.69, 9.17) is 4.74 Å². The number of hydrogen-bond donors (Lipinski definition) is 1. The molecule has 2 nitrogen and oxygen atoms in total. The van der Waals surface area contributed by atoms with Gasteiger partial charge in [-0.1, -0.05) is 12.1 Å². The van der Waals surface area contributed by atoms with Crippen molar-refractivity contribution in [2.45, 2.75) is 53.0 Å². The van der Waals surface area contributed by atoms with E-state index in [0.717, 1.165) is 18.8 Å². The Morgan fingerprint density at radius 2 is 1.78 bits per heavy atom. The van der Waals surface area contributed by atoms with Crippen molar-refractivity contribution in [3.05, 3.63) is 28.8 Å². The van der Waals surface area contributed by atoms with Crippen LogP contribution in [0.2, 0.25) is 0 Å². The van der Waals surface area contributed by atoms with Crippen LogP contribution in [0.4, 0.5) is 0 Å². The van der Waals surface area contributed by atoms with Crippen LogP contribution in [0.3, 0.4) is 0 Å². The summed E-state index contributed by atoms with van der Waals surface area (Å²) < 4.78 is 5.94. The van der Waals surface area contributed by atoms with E-state index in [1.165, 1.54) is 29.5 Å². The third-order valence-electron chi connectivity index (χ3n) is 3.64. The molecule has 0 saturated carbocycles. The fraction of sp³-hybridized carbons (Fsp3) is 0.625. The number of nitrogens with one attached hydrogen (secondary N) is 1. The van der Waals surface area contributed by atoms with Crippen LogP contribution in [0.15, 0.2) is 12.1 Å². The molecule has 0 aliphatic heterocycles. The van der Waals surface area contributed by atoms with Crippen LogP contribution in [-0.2, 0) is 0 Å². The first-order valence-electron chi connectivity index (χ1n) is 6.93. The maximum atomic E-state index is 5.94. The summed E-state index contributed by atoms with van der Waals surface area (Å²) >= 11 is 0. The van der Waals surface area contributed by atoms with Gasteiger partial charge in [0.05, 0.1) is 6.61 Å². The molecule has 0 radical (unpaired) electrons. The van der Waals surface area contributed by atoms with Crippen LogP contribution in [0.1, 0.15) is 42.9 Å². The van der Waals surface area contributed by atoms with Gasteiger partial charge < -0.3 is 10.1 Å². The second-order valence-corrected chi connectivity index (χ2v) is 5.19. The topological polar surface area (TPSA) is 21.3 Å². The minimum atomic E-state index is 0.604. The lowest BCUT2D eigenvalue weighted by molar-refractivity contribution is 0.298. The summed E-state index contributed by atoms with van der Waals surface area (Å²) in [5.41, 5.74) is 3.82. The molecule has 18 heavy (non-hydrogen) atoms. The van der Waals surface area contributed by atoms with E-state index in [1.807, 2.05) is 7.05 Å². The summed E-state index contributed by atoms with van der Waals surface area (Å²) in [5, 5.41) is 3.26. The maximum Gasteiger partial charge on any atom is 0.125 e. The fourth-order valence-electron chi connectivity index (χ4n) is 2.02. The quantitative estimate of drug-likeness (QED) is 0.743. The van der Waals surface area contributed by atoms with Crippen LogP contribution in [-0.4, -0.2) is 19.7 Å². The Hall–Kier alpha value is -1.02. The predicted octanol–water partition coefficient (Wildman–Crippen LogP) is 3.77. The largest absolute Gasteiger partial charge is 0.493 e. The lowest BCUT2D eigenvalue weighted by Crippen LogP contribution is -2.20. The van der Waals surface area contributed by atoms with E-state index < -0.39 is 0 Å². The zero-order chi connectivity index (χ0) is 13.5. The van der Waals surface area contributed by atoms with Crippen LogP contribution < -0.4 is 10.1 Å². The van der Waals surface area contributed by atoms with Crippen molar-refractivity contribution in [1.29, 1.82) is 0 Å². The van der Waals surface area contributed by atoms with Crippen LogP contribution >= 0.6 is 0 Å². The zero-order valence-corrected chi connectivity index (χ0v) is 12.5. The van der Waals surface area contributed by atoms with Crippen LogP contribution in [0.5, 0.6) is 5.75 Å². The minimum absolute atomic E-state index is 0.604. The normalized spacial score (nSPS) is 12.5. The smallest absolute Gasteiger partial charge is 0.125 e. The first-order valence-corrected chi connectivity index (χ1v) is 6.93. The molecule has 0 spiro atoms. The molecule has 2 heteroatoms. The van der Waals surface area contributed by atoms with Gasteiger partial charge in [0.25, 0.3) is 0 Å². The number of benzene rings is 1. The van der Waals surface area contributed by atoms with Crippen molar-refractivity contribution >= 4 is 0 Å². The van der Waals surface area contributed by atoms with Crippen molar-refractivity contribution in [2.75, 3.05) is 13.7 Å². The zero-order valence-electron chi connectivity index (χ0n) is 12.5. The number of aryl methyl sites for hydroxylation is 2. The molecule has 1 unspecified atom stereocenters. The molecule has 1 rings (SSSR count). The summed E-state index contributed by atoms with van der Waals surface area (Å²) in [7, 11) is 2.01. The summed E-state index contributed by atoms with van der Waals surface area (Å²) in [4.78, 5) is 0. The standard InChI is InChI=1S/C16H27NO/c1-12-9-10-13(2)16(15(12)4)18-11-7-6-8-14(3)17-5/h9-10,14,17H,6-8,11H2,1-5H3. The highest BCUT2D eigenvalue weighted by molar-refractivity contribution is 5.44. The SMILES string of the molecule is CNC(C)CCCCOc1c(C)ccc(C)c1C. The Kier molecular flexibility index (Phi) is 6.20. The molecule has 0 amide bonds. The van der Waals surface area contributed by atoms with Crippen LogP contribution in [0.25, 0.3) is 0 Å².